The Hall–Kier alpha value is -0.870. The molecule has 0 radical (unpaired) electrons. The molecule has 0 saturated carbocycles. The van der Waals surface area contributed by atoms with E-state index in [0.717, 1.165) is 10.0 Å². The predicted octanol–water partition coefficient (Wildman–Crippen LogP) is 2.90. The molecule has 0 aliphatic carbocycles. The van der Waals surface area contributed by atoms with Crippen molar-refractivity contribution in [3.05, 3.63) is 33.8 Å². The zero-order valence-corrected chi connectivity index (χ0v) is 12.7. The van der Waals surface area contributed by atoms with Gasteiger partial charge in [-0.3, -0.25) is 4.79 Å². The molecular formula is C14H20BrNO2. The Morgan fingerprint density at radius 1 is 1.44 bits per heavy atom. The Morgan fingerprint density at radius 3 is 2.67 bits per heavy atom. The van der Waals surface area contributed by atoms with Gasteiger partial charge in [-0.05, 0) is 36.5 Å². The molecule has 4 heteroatoms. The Labute approximate surface area is 117 Å². The van der Waals surface area contributed by atoms with E-state index in [1.165, 1.54) is 0 Å². The molecule has 0 aromatic heterocycles. The molecule has 0 atom stereocenters. The minimum atomic E-state index is -0.0909. The van der Waals surface area contributed by atoms with Crippen molar-refractivity contribution in [1.82, 2.24) is 5.32 Å². The van der Waals surface area contributed by atoms with Crippen LogP contribution in [0.2, 0.25) is 0 Å². The van der Waals surface area contributed by atoms with Crippen molar-refractivity contribution >= 4 is 21.8 Å². The zero-order chi connectivity index (χ0) is 13.8. The fraction of sp³-hybridized carbons (Fsp3) is 0.500. The molecule has 0 aliphatic heterocycles. The minimum absolute atomic E-state index is 0.0817. The standard InChI is InChI=1S/C14H20BrNO2/c1-10-4-5-11(8-12(10)15)13(18)16-9-14(2,3)6-7-17/h4-5,8,17H,6-7,9H2,1-3H3,(H,16,18). The van der Waals surface area contributed by atoms with Crippen molar-refractivity contribution in [1.29, 1.82) is 0 Å². The predicted molar refractivity (Wildman–Crippen MR) is 76.7 cm³/mol. The Balaban J connectivity index is 2.63. The first kappa shape index (κ1) is 15.2. The van der Waals surface area contributed by atoms with E-state index in [-0.39, 0.29) is 17.9 Å². The highest BCUT2D eigenvalue weighted by Gasteiger charge is 2.18. The number of hydrogen-bond acceptors (Lipinski definition) is 2. The summed E-state index contributed by atoms with van der Waals surface area (Å²) in [6.45, 7) is 6.72. The van der Waals surface area contributed by atoms with Gasteiger partial charge < -0.3 is 10.4 Å². The zero-order valence-electron chi connectivity index (χ0n) is 11.1. The number of aliphatic hydroxyl groups is 1. The molecule has 100 valence electrons. The molecule has 1 amide bonds. The topological polar surface area (TPSA) is 49.3 Å². The van der Waals surface area contributed by atoms with Crippen molar-refractivity contribution < 1.29 is 9.90 Å². The van der Waals surface area contributed by atoms with Crippen LogP contribution in [0.3, 0.4) is 0 Å². The lowest BCUT2D eigenvalue weighted by Crippen LogP contribution is -2.34. The highest BCUT2D eigenvalue weighted by Crippen LogP contribution is 2.20. The number of halogens is 1. The lowest BCUT2D eigenvalue weighted by Gasteiger charge is -2.23. The van der Waals surface area contributed by atoms with Gasteiger partial charge in [0, 0.05) is 23.2 Å². The second-order valence-electron chi connectivity index (χ2n) is 5.28. The van der Waals surface area contributed by atoms with E-state index in [4.69, 9.17) is 5.11 Å². The van der Waals surface area contributed by atoms with Crippen LogP contribution in [0.15, 0.2) is 22.7 Å². The summed E-state index contributed by atoms with van der Waals surface area (Å²) in [6.07, 6.45) is 0.672. The maximum absolute atomic E-state index is 12.0. The summed E-state index contributed by atoms with van der Waals surface area (Å²) in [4.78, 5) is 12.0. The van der Waals surface area contributed by atoms with Crippen molar-refractivity contribution in [2.45, 2.75) is 27.2 Å². The highest BCUT2D eigenvalue weighted by atomic mass is 79.9. The summed E-state index contributed by atoms with van der Waals surface area (Å²) < 4.78 is 0.935. The van der Waals surface area contributed by atoms with Crippen LogP contribution in [0.5, 0.6) is 0 Å². The van der Waals surface area contributed by atoms with Crippen LogP contribution < -0.4 is 5.32 Å². The number of aliphatic hydroxyl groups excluding tert-OH is 1. The van der Waals surface area contributed by atoms with E-state index in [1.54, 1.807) is 0 Å². The first-order valence-corrected chi connectivity index (χ1v) is 6.80. The van der Waals surface area contributed by atoms with Crippen molar-refractivity contribution in [2.24, 2.45) is 5.41 Å². The third-order valence-electron chi connectivity index (χ3n) is 2.95. The van der Waals surface area contributed by atoms with Gasteiger partial charge in [-0.2, -0.15) is 0 Å². The smallest absolute Gasteiger partial charge is 0.251 e. The number of amides is 1. The summed E-state index contributed by atoms with van der Waals surface area (Å²) in [5.41, 5.74) is 1.66. The molecule has 0 saturated heterocycles. The van der Waals surface area contributed by atoms with Crippen LogP contribution >= 0.6 is 15.9 Å². The molecule has 1 rings (SSSR count). The monoisotopic (exact) mass is 313 g/mol. The van der Waals surface area contributed by atoms with E-state index in [9.17, 15) is 4.79 Å². The lowest BCUT2D eigenvalue weighted by molar-refractivity contribution is 0.0928. The molecule has 3 nitrogen and oxygen atoms in total. The van der Waals surface area contributed by atoms with E-state index < -0.39 is 0 Å². The van der Waals surface area contributed by atoms with Crippen LogP contribution in [0.1, 0.15) is 36.2 Å². The number of carbonyl (C=O) groups is 1. The Morgan fingerprint density at radius 2 is 2.11 bits per heavy atom. The quantitative estimate of drug-likeness (QED) is 0.878. The summed E-state index contributed by atoms with van der Waals surface area (Å²) in [5, 5.41) is 11.8. The summed E-state index contributed by atoms with van der Waals surface area (Å²) in [6, 6.07) is 5.55. The summed E-state index contributed by atoms with van der Waals surface area (Å²) in [5.74, 6) is -0.0817. The lowest BCUT2D eigenvalue weighted by atomic mass is 9.89. The fourth-order valence-corrected chi connectivity index (χ4v) is 1.93. The van der Waals surface area contributed by atoms with E-state index >= 15 is 0 Å². The molecule has 1 aromatic carbocycles. The van der Waals surface area contributed by atoms with Crippen LogP contribution in [-0.4, -0.2) is 24.2 Å². The molecule has 0 fully saturated rings. The maximum Gasteiger partial charge on any atom is 0.251 e. The van der Waals surface area contributed by atoms with Crippen LogP contribution in [-0.2, 0) is 0 Å². The number of rotatable bonds is 5. The van der Waals surface area contributed by atoms with Crippen LogP contribution in [0, 0.1) is 12.3 Å². The van der Waals surface area contributed by atoms with Crippen molar-refractivity contribution in [3.8, 4) is 0 Å². The average Bonchev–Trinajstić information content (AvgIpc) is 2.30. The van der Waals surface area contributed by atoms with Gasteiger partial charge >= 0.3 is 0 Å². The van der Waals surface area contributed by atoms with Gasteiger partial charge in [-0.25, -0.2) is 0 Å². The molecule has 1 aromatic rings. The molecular weight excluding hydrogens is 294 g/mol. The fourth-order valence-electron chi connectivity index (χ4n) is 1.55. The molecule has 0 unspecified atom stereocenters. The molecule has 18 heavy (non-hydrogen) atoms. The Kier molecular flexibility index (Phi) is 5.35. The summed E-state index contributed by atoms with van der Waals surface area (Å²) in [7, 11) is 0. The normalized spacial score (nSPS) is 11.4. The molecule has 0 aliphatic rings. The van der Waals surface area contributed by atoms with Gasteiger partial charge in [-0.1, -0.05) is 35.8 Å². The van der Waals surface area contributed by atoms with Gasteiger partial charge in [0.2, 0.25) is 0 Å². The van der Waals surface area contributed by atoms with Gasteiger partial charge in [-0.15, -0.1) is 0 Å². The third-order valence-corrected chi connectivity index (χ3v) is 3.80. The molecule has 0 spiro atoms. The molecule has 2 N–H and O–H groups in total. The third kappa shape index (κ3) is 4.42. The first-order chi connectivity index (χ1) is 8.35. The van der Waals surface area contributed by atoms with Crippen molar-refractivity contribution in [2.75, 3.05) is 13.2 Å². The number of nitrogens with one attached hydrogen (secondary N) is 1. The molecule has 0 bridgehead atoms. The number of carbonyl (C=O) groups excluding carboxylic acids is 1. The summed E-state index contributed by atoms with van der Waals surface area (Å²) >= 11 is 3.42. The van der Waals surface area contributed by atoms with Gasteiger partial charge in [0.05, 0.1) is 0 Å². The van der Waals surface area contributed by atoms with Crippen molar-refractivity contribution in [3.63, 3.8) is 0 Å². The SMILES string of the molecule is Cc1ccc(C(=O)NCC(C)(C)CCO)cc1Br. The second kappa shape index (κ2) is 6.34. The van der Waals surface area contributed by atoms with Gasteiger partial charge in [0.1, 0.15) is 0 Å². The maximum atomic E-state index is 12.0. The van der Waals surface area contributed by atoms with E-state index in [2.05, 4.69) is 21.2 Å². The number of hydrogen-bond donors (Lipinski definition) is 2. The minimum Gasteiger partial charge on any atom is -0.396 e. The second-order valence-corrected chi connectivity index (χ2v) is 6.14. The number of aryl methyl sites for hydroxylation is 1. The van der Waals surface area contributed by atoms with Crippen LogP contribution in [0.25, 0.3) is 0 Å². The Bertz CT molecular complexity index is 430. The van der Waals surface area contributed by atoms with E-state index in [1.807, 2.05) is 39.0 Å². The molecule has 0 heterocycles. The first-order valence-electron chi connectivity index (χ1n) is 6.01. The number of benzene rings is 1. The largest absolute Gasteiger partial charge is 0.396 e. The highest BCUT2D eigenvalue weighted by molar-refractivity contribution is 9.10. The van der Waals surface area contributed by atoms with Gasteiger partial charge in [0.25, 0.3) is 5.91 Å². The average molecular weight is 314 g/mol. The van der Waals surface area contributed by atoms with Gasteiger partial charge in [0.15, 0.2) is 0 Å². The van der Waals surface area contributed by atoms with Crippen LogP contribution in [0.4, 0.5) is 0 Å². The van der Waals surface area contributed by atoms with E-state index in [0.29, 0.717) is 18.5 Å².